The topological polar surface area (TPSA) is 78.4 Å². The third-order valence-electron chi connectivity index (χ3n) is 2.79. The molecule has 5 nitrogen and oxygen atoms in total. The molecule has 4 atom stereocenters. The average molecular weight is 230 g/mol. The van der Waals surface area contributed by atoms with Crippen LogP contribution in [0, 0.1) is 0 Å². The first-order chi connectivity index (χ1) is 7.67. The first-order valence-corrected chi connectivity index (χ1v) is 5.29. The van der Waals surface area contributed by atoms with Gasteiger partial charge in [-0.15, -0.1) is 0 Å². The number of nitrogens with one attached hydrogen (secondary N) is 1. The second-order valence-corrected chi connectivity index (χ2v) is 3.85. The number of aromatic amines is 1. The second-order valence-electron chi connectivity index (χ2n) is 3.85. The van der Waals surface area contributed by atoms with Crippen LogP contribution in [0.5, 0.6) is 0 Å². The third kappa shape index (κ3) is 1.83. The maximum absolute atomic E-state index is 13.7. The summed E-state index contributed by atoms with van der Waals surface area (Å²) >= 11 is 0. The molecule has 1 aromatic rings. The van der Waals surface area contributed by atoms with E-state index in [0.717, 1.165) is 12.2 Å². The van der Waals surface area contributed by atoms with E-state index < -0.39 is 31.1 Å². The molecule has 1 fully saturated rings. The lowest BCUT2D eigenvalue weighted by atomic mass is 10.1. The highest BCUT2D eigenvalue weighted by Crippen LogP contribution is 2.34. The summed E-state index contributed by atoms with van der Waals surface area (Å²) in [5, 5.41) is 18.4. The largest absolute Gasteiger partial charge is 0.394 e. The number of H-pyrrole nitrogens is 1. The van der Waals surface area contributed by atoms with Gasteiger partial charge in [-0.25, -0.2) is 9.37 Å². The summed E-state index contributed by atoms with van der Waals surface area (Å²) in [7, 11) is 0. The number of rotatable bonds is 3. The predicted octanol–water partition coefficient (Wildman–Crippen LogP) is 0.103. The lowest BCUT2D eigenvalue weighted by Crippen LogP contribution is -2.30. The lowest BCUT2D eigenvalue weighted by Gasteiger charge is -2.10. The Morgan fingerprint density at radius 1 is 1.62 bits per heavy atom. The van der Waals surface area contributed by atoms with E-state index in [1.807, 2.05) is 6.92 Å². The standard InChI is InChI=1S/C10H15FN2O3/c1-2-7-12-3-5(13-7)10-8(11)9(15)6(4-14)16-10/h3,6,8-10,14-15H,2,4H2,1H3,(H,12,13). The number of hydrogen-bond donors (Lipinski definition) is 3. The maximum atomic E-state index is 13.7. The molecule has 0 bridgehead atoms. The zero-order valence-electron chi connectivity index (χ0n) is 8.93. The number of aromatic nitrogens is 2. The van der Waals surface area contributed by atoms with E-state index in [4.69, 9.17) is 9.84 Å². The van der Waals surface area contributed by atoms with Crippen LogP contribution in [0.25, 0.3) is 0 Å². The molecule has 0 spiro atoms. The fourth-order valence-corrected chi connectivity index (χ4v) is 1.83. The quantitative estimate of drug-likeness (QED) is 0.688. The number of ether oxygens (including phenoxy) is 1. The molecule has 1 saturated heterocycles. The Labute approximate surface area is 92.3 Å². The SMILES string of the molecule is CCc1ncc(C2OC(CO)C(O)C2F)[nH]1. The minimum Gasteiger partial charge on any atom is -0.394 e. The first-order valence-electron chi connectivity index (χ1n) is 5.29. The van der Waals surface area contributed by atoms with Crippen LogP contribution in [0.15, 0.2) is 6.20 Å². The average Bonchev–Trinajstić information content (AvgIpc) is 2.86. The Bertz CT molecular complexity index is 358. The van der Waals surface area contributed by atoms with Crippen molar-refractivity contribution in [2.75, 3.05) is 6.61 Å². The van der Waals surface area contributed by atoms with Crippen molar-refractivity contribution in [3.8, 4) is 0 Å². The number of aliphatic hydroxyl groups is 2. The van der Waals surface area contributed by atoms with E-state index in [-0.39, 0.29) is 0 Å². The van der Waals surface area contributed by atoms with Gasteiger partial charge in [-0.2, -0.15) is 0 Å². The predicted molar refractivity (Wildman–Crippen MR) is 53.6 cm³/mol. The molecule has 0 amide bonds. The molecule has 4 unspecified atom stereocenters. The summed E-state index contributed by atoms with van der Waals surface area (Å²) in [6.07, 6.45) is -2.35. The Balaban J connectivity index is 2.16. The fourth-order valence-electron chi connectivity index (χ4n) is 1.83. The zero-order chi connectivity index (χ0) is 11.7. The van der Waals surface area contributed by atoms with Gasteiger partial charge in [0.1, 0.15) is 24.1 Å². The minimum absolute atomic E-state index is 0.396. The smallest absolute Gasteiger partial charge is 0.160 e. The van der Waals surface area contributed by atoms with Gasteiger partial charge < -0.3 is 19.9 Å². The molecule has 0 radical (unpaired) electrons. The first kappa shape index (κ1) is 11.5. The summed E-state index contributed by atoms with van der Waals surface area (Å²) in [6, 6.07) is 0. The normalized spacial score (nSPS) is 34.5. The van der Waals surface area contributed by atoms with E-state index in [1.54, 1.807) is 0 Å². The highest BCUT2D eigenvalue weighted by Gasteiger charge is 2.45. The van der Waals surface area contributed by atoms with Gasteiger partial charge in [0.05, 0.1) is 18.5 Å². The van der Waals surface area contributed by atoms with Crippen molar-refractivity contribution in [3.63, 3.8) is 0 Å². The summed E-state index contributed by atoms with van der Waals surface area (Å²) < 4.78 is 18.9. The molecule has 0 saturated carbocycles. The summed E-state index contributed by atoms with van der Waals surface area (Å²) in [5.74, 6) is 0.743. The highest BCUT2D eigenvalue weighted by molar-refractivity contribution is 5.10. The van der Waals surface area contributed by atoms with Crippen molar-refractivity contribution in [1.82, 2.24) is 9.97 Å². The van der Waals surface area contributed by atoms with Crippen LogP contribution in [-0.2, 0) is 11.2 Å². The van der Waals surface area contributed by atoms with Crippen LogP contribution < -0.4 is 0 Å². The van der Waals surface area contributed by atoms with Gasteiger partial charge in [0.2, 0.25) is 0 Å². The molecule has 1 aliphatic rings. The number of hydrogen-bond acceptors (Lipinski definition) is 4. The van der Waals surface area contributed by atoms with E-state index in [9.17, 15) is 9.50 Å². The molecule has 6 heteroatoms. The van der Waals surface area contributed by atoms with E-state index in [0.29, 0.717) is 5.69 Å². The van der Waals surface area contributed by atoms with Crippen LogP contribution in [0.3, 0.4) is 0 Å². The van der Waals surface area contributed by atoms with E-state index in [2.05, 4.69) is 9.97 Å². The monoisotopic (exact) mass is 230 g/mol. The van der Waals surface area contributed by atoms with Gasteiger partial charge in [-0.3, -0.25) is 0 Å². The summed E-state index contributed by atoms with van der Waals surface area (Å²) in [6.45, 7) is 1.53. The van der Waals surface area contributed by atoms with Crippen molar-refractivity contribution in [3.05, 3.63) is 17.7 Å². The van der Waals surface area contributed by atoms with E-state index >= 15 is 0 Å². The molecule has 1 aromatic heterocycles. The van der Waals surface area contributed by atoms with Crippen LogP contribution in [0.1, 0.15) is 24.5 Å². The Kier molecular flexibility index (Phi) is 3.22. The molecule has 2 rings (SSSR count). The van der Waals surface area contributed by atoms with Gasteiger partial charge in [0.25, 0.3) is 0 Å². The van der Waals surface area contributed by atoms with Gasteiger partial charge in [-0.1, -0.05) is 6.92 Å². The van der Waals surface area contributed by atoms with Gasteiger partial charge in [0.15, 0.2) is 6.17 Å². The Morgan fingerprint density at radius 3 is 2.88 bits per heavy atom. The lowest BCUT2D eigenvalue weighted by molar-refractivity contribution is -0.0236. The van der Waals surface area contributed by atoms with Gasteiger partial charge >= 0.3 is 0 Å². The fraction of sp³-hybridized carbons (Fsp3) is 0.700. The van der Waals surface area contributed by atoms with Crippen molar-refractivity contribution in [2.24, 2.45) is 0 Å². The van der Waals surface area contributed by atoms with Gasteiger partial charge in [-0.05, 0) is 0 Å². The number of nitrogens with zero attached hydrogens (tertiary/aromatic N) is 1. The second kappa shape index (κ2) is 4.48. The molecular formula is C10H15FN2O3. The van der Waals surface area contributed by atoms with Crippen LogP contribution in [-0.4, -0.2) is 45.2 Å². The van der Waals surface area contributed by atoms with Crippen molar-refractivity contribution >= 4 is 0 Å². The molecule has 16 heavy (non-hydrogen) atoms. The summed E-state index contributed by atoms with van der Waals surface area (Å²) in [4.78, 5) is 6.97. The number of aryl methyl sites for hydroxylation is 1. The molecule has 2 heterocycles. The number of alkyl halides is 1. The Hall–Kier alpha value is -0.980. The van der Waals surface area contributed by atoms with Crippen LogP contribution in [0.4, 0.5) is 4.39 Å². The number of imidazole rings is 1. The van der Waals surface area contributed by atoms with E-state index in [1.165, 1.54) is 6.20 Å². The number of aliphatic hydroxyl groups excluding tert-OH is 2. The number of halogens is 1. The molecule has 1 aliphatic heterocycles. The highest BCUT2D eigenvalue weighted by atomic mass is 19.1. The third-order valence-corrected chi connectivity index (χ3v) is 2.79. The summed E-state index contributed by atoms with van der Waals surface area (Å²) in [5.41, 5.74) is 0.499. The van der Waals surface area contributed by atoms with Gasteiger partial charge in [0, 0.05) is 6.42 Å². The molecule has 3 N–H and O–H groups in total. The zero-order valence-corrected chi connectivity index (χ0v) is 8.93. The molecule has 0 aromatic carbocycles. The maximum Gasteiger partial charge on any atom is 0.160 e. The van der Waals surface area contributed by atoms with Crippen molar-refractivity contribution < 1.29 is 19.3 Å². The Morgan fingerprint density at radius 2 is 2.38 bits per heavy atom. The van der Waals surface area contributed by atoms with Crippen LogP contribution in [0.2, 0.25) is 0 Å². The molecular weight excluding hydrogens is 215 g/mol. The van der Waals surface area contributed by atoms with Crippen molar-refractivity contribution in [1.29, 1.82) is 0 Å². The minimum atomic E-state index is -1.54. The molecule has 90 valence electrons. The molecule has 0 aliphatic carbocycles. The van der Waals surface area contributed by atoms with Crippen molar-refractivity contribution in [2.45, 2.75) is 37.8 Å². The van der Waals surface area contributed by atoms with Crippen LogP contribution >= 0.6 is 0 Å².